The lowest BCUT2D eigenvalue weighted by molar-refractivity contribution is -0.139. The predicted octanol–water partition coefficient (Wildman–Crippen LogP) is 5.34. The molecule has 0 spiro atoms. The van der Waals surface area contributed by atoms with Crippen LogP contribution >= 0.6 is 15.9 Å². The fourth-order valence-corrected chi connectivity index (χ4v) is 6.34. The Kier molecular flexibility index (Phi) is 11.4. The van der Waals surface area contributed by atoms with Gasteiger partial charge in [0.25, 0.3) is 10.0 Å². The highest BCUT2D eigenvalue weighted by Crippen LogP contribution is 2.31. The van der Waals surface area contributed by atoms with E-state index >= 15 is 0 Å². The van der Waals surface area contributed by atoms with Crippen LogP contribution in [0.1, 0.15) is 38.3 Å². The van der Waals surface area contributed by atoms with E-state index in [1.165, 1.54) is 24.1 Å². The molecule has 220 valence electrons. The first-order valence-electron chi connectivity index (χ1n) is 13.5. The maximum Gasteiger partial charge on any atom is 0.264 e. The van der Waals surface area contributed by atoms with Crippen molar-refractivity contribution in [2.75, 3.05) is 24.5 Å². The van der Waals surface area contributed by atoms with Gasteiger partial charge in [-0.15, -0.1) is 0 Å². The second kappa shape index (κ2) is 14.5. The maximum atomic E-state index is 14.0. The number of benzene rings is 3. The van der Waals surface area contributed by atoms with Crippen LogP contribution in [0, 0.1) is 6.92 Å². The number of carbonyl (C=O) groups excluding carboxylic acids is 2. The van der Waals surface area contributed by atoms with Crippen LogP contribution in [0.15, 0.2) is 82.2 Å². The first-order valence-corrected chi connectivity index (χ1v) is 15.8. The second-order valence-corrected chi connectivity index (χ2v) is 12.7. The standard InChI is InChI=1S/C31H38BrN3O5S/c1-6-23(3)33-31(37)24(4)34(19-18-25-10-8-7-9-11-25)30(36)21-35(26-14-12-22(2)13-15-26)41(38,39)27-16-17-29(40-5)28(32)20-27/h7-17,20,23-24H,6,18-19,21H2,1-5H3,(H,33,37)/t23-,24-/m1/s1. The van der Waals surface area contributed by atoms with Gasteiger partial charge in [0, 0.05) is 12.6 Å². The van der Waals surface area contributed by atoms with Crippen LogP contribution in [0.2, 0.25) is 0 Å². The summed E-state index contributed by atoms with van der Waals surface area (Å²) in [7, 11) is -2.69. The average molecular weight is 645 g/mol. The lowest BCUT2D eigenvalue weighted by Gasteiger charge is -2.32. The number of amides is 2. The van der Waals surface area contributed by atoms with E-state index in [1.54, 1.807) is 37.3 Å². The van der Waals surface area contributed by atoms with Gasteiger partial charge in [-0.05, 0) is 85.4 Å². The third kappa shape index (κ3) is 8.33. The van der Waals surface area contributed by atoms with E-state index < -0.39 is 28.5 Å². The summed E-state index contributed by atoms with van der Waals surface area (Å²) >= 11 is 3.36. The number of aryl methyl sites for hydroxylation is 1. The second-order valence-electron chi connectivity index (χ2n) is 9.96. The Morgan fingerprint density at radius 3 is 2.24 bits per heavy atom. The number of carbonyl (C=O) groups is 2. The van der Waals surface area contributed by atoms with E-state index in [0.717, 1.165) is 21.9 Å². The average Bonchev–Trinajstić information content (AvgIpc) is 2.96. The van der Waals surface area contributed by atoms with Crippen molar-refractivity contribution in [3.63, 3.8) is 0 Å². The topological polar surface area (TPSA) is 96.0 Å². The molecule has 0 heterocycles. The van der Waals surface area contributed by atoms with Crippen molar-refractivity contribution in [1.29, 1.82) is 0 Å². The van der Waals surface area contributed by atoms with Gasteiger partial charge in [0.1, 0.15) is 18.3 Å². The van der Waals surface area contributed by atoms with Crippen molar-refractivity contribution in [3.8, 4) is 5.75 Å². The summed E-state index contributed by atoms with van der Waals surface area (Å²) in [5, 5.41) is 2.95. The largest absolute Gasteiger partial charge is 0.496 e. The van der Waals surface area contributed by atoms with Gasteiger partial charge in [-0.3, -0.25) is 13.9 Å². The highest BCUT2D eigenvalue weighted by Gasteiger charge is 2.33. The fourth-order valence-electron chi connectivity index (χ4n) is 4.21. The molecule has 0 fully saturated rings. The minimum Gasteiger partial charge on any atom is -0.496 e. The zero-order valence-electron chi connectivity index (χ0n) is 24.1. The quantitative estimate of drug-likeness (QED) is 0.271. The van der Waals surface area contributed by atoms with Gasteiger partial charge in [-0.2, -0.15) is 0 Å². The molecule has 0 unspecified atom stereocenters. The fraction of sp³-hybridized carbons (Fsp3) is 0.355. The summed E-state index contributed by atoms with van der Waals surface area (Å²) in [5.41, 5.74) is 2.30. The van der Waals surface area contributed by atoms with Crippen LogP contribution in [0.4, 0.5) is 5.69 Å². The molecular formula is C31H38BrN3O5S. The molecule has 0 radical (unpaired) electrons. The normalized spacial score (nSPS) is 12.7. The lowest BCUT2D eigenvalue weighted by atomic mass is 10.1. The number of ether oxygens (including phenoxy) is 1. The van der Waals surface area contributed by atoms with Gasteiger partial charge in [0.05, 0.1) is 22.2 Å². The van der Waals surface area contributed by atoms with Crippen molar-refractivity contribution < 1.29 is 22.7 Å². The molecule has 2 atom stereocenters. The van der Waals surface area contributed by atoms with E-state index in [9.17, 15) is 18.0 Å². The highest BCUT2D eigenvalue weighted by molar-refractivity contribution is 9.10. The monoisotopic (exact) mass is 643 g/mol. The Bertz CT molecular complexity index is 1430. The Morgan fingerprint density at radius 2 is 1.66 bits per heavy atom. The van der Waals surface area contributed by atoms with Crippen molar-refractivity contribution >= 4 is 43.5 Å². The molecule has 8 nitrogen and oxygen atoms in total. The van der Waals surface area contributed by atoms with E-state index in [-0.39, 0.29) is 23.4 Å². The lowest BCUT2D eigenvalue weighted by Crippen LogP contribution is -2.53. The summed E-state index contributed by atoms with van der Waals surface area (Å²) in [4.78, 5) is 28.6. The van der Waals surface area contributed by atoms with Crippen LogP contribution in [0.3, 0.4) is 0 Å². The molecule has 0 saturated heterocycles. The van der Waals surface area contributed by atoms with Crippen molar-refractivity contribution in [3.05, 3.63) is 88.4 Å². The molecule has 2 amide bonds. The van der Waals surface area contributed by atoms with Crippen LogP contribution in [0.25, 0.3) is 0 Å². The van der Waals surface area contributed by atoms with Crippen molar-refractivity contribution in [2.24, 2.45) is 0 Å². The Balaban J connectivity index is 2.00. The number of nitrogens with zero attached hydrogens (tertiary/aromatic N) is 2. The third-order valence-electron chi connectivity index (χ3n) is 6.96. The molecule has 1 N–H and O–H groups in total. The molecule has 3 rings (SSSR count). The van der Waals surface area contributed by atoms with Gasteiger partial charge >= 0.3 is 0 Å². The van der Waals surface area contributed by atoms with Gasteiger partial charge in [-0.25, -0.2) is 8.42 Å². The number of nitrogens with one attached hydrogen (secondary N) is 1. The van der Waals surface area contributed by atoms with Crippen molar-refractivity contribution in [2.45, 2.75) is 57.5 Å². The van der Waals surface area contributed by atoms with Gasteiger partial charge < -0.3 is 15.0 Å². The SMILES string of the molecule is CC[C@@H](C)NC(=O)[C@@H](C)N(CCc1ccccc1)C(=O)CN(c1ccc(C)cc1)S(=O)(=O)c1ccc(OC)c(Br)c1. The smallest absolute Gasteiger partial charge is 0.264 e. The summed E-state index contributed by atoms with van der Waals surface area (Å²) in [6, 6.07) is 20.2. The van der Waals surface area contributed by atoms with E-state index in [4.69, 9.17) is 4.74 Å². The number of hydrogen-bond donors (Lipinski definition) is 1. The summed E-state index contributed by atoms with van der Waals surface area (Å²) in [5.74, 6) is -0.288. The third-order valence-corrected chi connectivity index (χ3v) is 9.35. The van der Waals surface area contributed by atoms with E-state index in [1.807, 2.05) is 51.1 Å². The number of anilines is 1. The number of halogens is 1. The van der Waals surface area contributed by atoms with E-state index in [2.05, 4.69) is 21.2 Å². The number of rotatable bonds is 13. The number of sulfonamides is 1. The van der Waals surface area contributed by atoms with Gasteiger partial charge in [0.15, 0.2) is 0 Å². The molecule has 0 bridgehead atoms. The van der Waals surface area contributed by atoms with Gasteiger partial charge in [0.2, 0.25) is 11.8 Å². The van der Waals surface area contributed by atoms with E-state index in [0.29, 0.717) is 22.3 Å². The zero-order chi connectivity index (χ0) is 30.2. The molecule has 0 saturated carbocycles. The summed E-state index contributed by atoms with van der Waals surface area (Å²) < 4.78 is 34.8. The Morgan fingerprint density at radius 1 is 1.00 bits per heavy atom. The zero-order valence-corrected chi connectivity index (χ0v) is 26.5. The number of hydrogen-bond acceptors (Lipinski definition) is 5. The molecule has 0 aliphatic rings. The summed E-state index contributed by atoms with van der Waals surface area (Å²) in [6.07, 6.45) is 1.25. The first-order chi connectivity index (χ1) is 19.5. The Hall–Kier alpha value is -3.37. The minimum atomic E-state index is -4.18. The van der Waals surface area contributed by atoms with Gasteiger partial charge in [-0.1, -0.05) is 55.0 Å². The van der Waals surface area contributed by atoms with Crippen LogP contribution in [-0.2, 0) is 26.0 Å². The molecule has 0 aromatic heterocycles. The summed E-state index contributed by atoms with van der Waals surface area (Å²) in [6.45, 7) is 7.21. The highest BCUT2D eigenvalue weighted by atomic mass is 79.9. The molecule has 0 aliphatic carbocycles. The number of methoxy groups -OCH3 is 1. The van der Waals surface area contributed by atoms with Crippen LogP contribution in [0.5, 0.6) is 5.75 Å². The molecule has 0 aliphatic heterocycles. The Labute approximate surface area is 251 Å². The predicted molar refractivity (Wildman–Crippen MR) is 166 cm³/mol. The maximum absolute atomic E-state index is 14.0. The molecule has 41 heavy (non-hydrogen) atoms. The first kappa shape index (κ1) is 32.1. The van der Waals surface area contributed by atoms with Crippen LogP contribution < -0.4 is 14.4 Å². The van der Waals surface area contributed by atoms with Crippen LogP contribution in [-0.4, -0.2) is 57.4 Å². The minimum absolute atomic E-state index is 0.00283. The molecule has 3 aromatic carbocycles. The molecule has 3 aromatic rings. The molecule has 10 heteroatoms. The van der Waals surface area contributed by atoms with Crippen molar-refractivity contribution in [1.82, 2.24) is 10.2 Å². The molecular weight excluding hydrogens is 606 g/mol.